The van der Waals surface area contributed by atoms with E-state index in [1.54, 1.807) is 0 Å². The van der Waals surface area contributed by atoms with Crippen molar-refractivity contribution in [3.05, 3.63) is 50.7 Å². The van der Waals surface area contributed by atoms with Crippen molar-refractivity contribution in [1.29, 1.82) is 0 Å². The third-order valence-electron chi connectivity index (χ3n) is 3.37. The molecule has 1 heterocycles. The molecule has 0 amide bonds. The molecular weight excluding hydrogens is 338 g/mol. The quantitative estimate of drug-likeness (QED) is 0.875. The number of halogens is 2. The maximum Gasteiger partial charge on any atom is 0.0624 e. The van der Waals surface area contributed by atoms with Crippen molar-refractivity contribution in [1.82, 2.24) is 9.78 Å². The molecule has 1 aromatic heterocycles. The predicted octanol–water partition coefficient (Wildman–Crippen LogP) is 4.12. The van der Waals surface area contributed by atoms with Crippen molar-refractivity contribution in [3.8, 4) is 0 Å². The molecule has 3 nitrogen and oxygen atoms in total. The second-order valence-electron chi connectivity index (χ2n) is 4.77. The zero-order chi connectivity index (χ0) is 14.7. The summed E-state index contributed by atoms with van der Waals surface area (Å²) >= 11 is 9.50. The Morgan fingerprint density at radius 3 is 2.70 bits per heavy atom. The second kappa shape index (κ2) is 6.74. The van der Waals surface area contributed by atoms with Gasteiger partial charge >= 0.3 is 0 Å². The van der Waals surface area contributed by atoms with Gasteiger partial charge in [0.25, 0.3) is 0 Å². The van der Waals surface area contributed by atoms with E-state index < -0.39 is 0 Å². The second-order valence-corrected chi connectivity index (χ2v) is 6.06. The number of rotatable bonds is 5. The fraction of sp³-hybridized carbons (Fsp3) is 0.400. The molecule has 1 atom stereocenters. The summed E-state index contributed by atoms with van der Waals surface area (Å²) < 4.78 is 2.98. The Morgan fingerprint density at radius 2 is 2.10 bits per heavy atom. The molecule has 0 aliphatic heterocycles. The third kappa shape index (κ3) is 3.43. The summed E-state index contributed by atoms with van der Waals surface area (Å²) in [6.45, 7) is 5.07. The molecule has 0 fully saturated rings. The number of aryl methyl sites for hydroxylation is 2. The molecule has 0 saturated heterocycles. The molecule has 1 aromatic carbocycles. The minimum atomic E-state index is -0.0756. The minimum absolute atomic E-state index is 0.0756. The Balaban J connectivity index is 2.22. The van der Waals surface area contributed by atoms with Crippen LogP contribution in [-0.4, -0.2) is 9.78 Å². The average molecular weight is 357 g/mol. The van der Waals surface area contributed by atoms with Gasteiger partial charge in [0.1, 0.15) is 0 Å². The molecule has 0 aliphatic carbocycles. The van der Waals surface area contributed by atoms with Gasteiger partial charge in [0.2, 0.25) is 0 Å². The van der Waals surface area contributed by atoms with Gasteiger partial charge in [-0.2, -0.15) is 5.10 Å². The Labute approximate surface area is 133 Å². The fourth-order valence-electron chi connectivity index (χ4n) is 2.26. The van der Waals surface area contributed by atoms with Crippen LogP contribution < -0.4 is 5.73 Å². The van der Waals surface area contributed by atoms with Crippen LogP contribution in [0.4, 0.5) is 0 Å². The molecule has 2 rings (SSSR count). The van der Waals surface area contributed by atoms with Gasteiger partial charge < -0.3 is 5.73 Å². The zero-order valence-electron chi connectivity index (χ0n) is 11.7. The van der Waals surface area contributed by atoms with Gasteiger partial charge in [-0.1, -0.05) is 40.5 Å². The van der Waals surface area contributed by atoms with Gasteiger partial charge in [-0.05, 0) is 37.1 Å². The molecule has 1 unspecified atom stereocenters. The van der Waals surface area contributed by atoms with Gasteiger partial charge in [0.15, 0.2) is 0 Å². The van der Waals surface area contributed by atoms with Crippen LogP contribution in [0.5, 0.6) is 0 Å². The number of nitrogens with zero attached hydrogens (tertiary/aromatic N) is 2. The highest BCUT2D eigenvalue weighted by molar-refractivity contribution is 9.10. The first-order valence-corrected chi connectivity index (χ1v) is 7.98. The van der Waals surface area contributed by atoms with Crippen LogP contribution in [0.25, 0.3) is 0 Å². The summed E-state index contributed by atoms with van der Waals surface area (Å²) in [5.74, 6) is 0. The van der Waals surface area contributed by atoms with Gasteiger partial charge in [0, 0.05) is 34.2 Å². The smallest absolute Gasteiger partial charge is 0.0624 e. The lowest BCUT2D eigenvalue weighted by atomic mass is 10.0. The van der Waals surface area contributed by atoms with Crippen molar-refractivity contribution < 1.29 is 0 Å². The lowest BCUT2D eigenvalue weighted by Gasteiger charge is -2.15. The van der Waals surface area contributed by atoms with E-state index in [0.717, 1.165) is 35.1 Å². The largest absolute Gasteiger partial charge is 0.324 e. The Morgan fingerprint density at radius 1 is 1.35 bits per heavy atom. The maximum absolute atomic E-state index is 6.34. The summed E-state index contributed by atoms with van der Waals surface area (Å²) in [5, 5.41) is 5.27. The first-order valence-electron chi connectivity index (χ1n) is 6.81. The van der Waals surface area contributed by atoms with E-state index in [-0.39, 0.29) is 6.04 Å². The van der Waals surface area contributed by atoms with E-state index in [1.165, 1.54) is 5.69 Å². The molecule has 0 aliphatic rings. The zero-order valence-corrected chi connectivity index (χ0v) is 14.1. The van der Waals surface area contributed by atoms with Crippen LogP contribution in [-0.2, 0) is 19.4 Å². The van der Waals surface area contributed by atoms with E-state index in [1.807, 2.05) is 22.9 Å². The Kier molecular flexibility index (Phi) is 5.24. The summed E-state index contributed by atoms with van der Waals surface area (Å²) in [6.07, 6.45) is 1.71. The number of hydrogen-bond donors (Lipinski definition) is 1. The van der Waals surface area contributed by atoms with Gasteiger partial charge in [-0.25, -0.2) is 0 Å². The van der Waals surface area contributed by atoms with Crippen molar-refractivity contribution in [3.63, 3.8) is 0 Å². The molecule has 2 N–H and O–H groups in total. The van der Waals surface area contributed by atoms with Gasteiger partial charge in [-0.15, -0.1) is 0 Å². The van der Waals surface area contributed by atoms with E-state index in [4.69, 9.17) is 17.3 Å². The Bertz CT molecular complexity index is 595. The van der Waals surface area contributed by atoms with E-state index in [2.05, 4.69) is 40.9 Å². The van der Waals surface area contributed by atoms with E-state index in [9.17, 15) is 0 Å². The standard InChI is InChI=1S/C15H19BrClN3/c1-3-11-8-12(20(4-2)19-11)9-15(18)13-6-5-10(17)7-14(13)16/h5-8,15H,3-4,9,18H2,1-2H3. The highest BCUT2D eigenvalue weighted by Crippen LogP contribution is 2.27. The first-order chi connectivity index (χ1) is 9.55. The number of nitrogens with two attached hydrogens (primary N) is 1. The number of benzene rings is 1. The highest BCUT2D eigenvalue weighted by atomic mass is 79.9. The Hall–Kier alpha value is -0.840. The molecule has 0 spiro atoms. The van der Waals surface area contributed by atoms with Crippen LogP contribution in [0.3, 0.4) is 0 Å². The minimum Gasteiger partial charge on any atom is -0.324 e. The van der Waals surface area contributed by atoms with Crippen LogP contribution in [0.2, 0.25) is 5.02 Å². The summed E-state index contributed by atoms with van der Waals surface area (Å²) in [5.41, 5.74) is 9.70. The number of aromatic nitrogens is 2. The van der Waals surface area contributed by atoms with Crippen LogP contribution in [0, 0.1) is 0 Å². The molecule has 2 aromatic rings. The molecular formula is C15H19BrClN3. The maximum atomic E-state index is 6.34. The normalized spacial score (nSPS) is 12.7. The topological polar surface area (TPSA) is 43.8 Å². The summed E-state index contributed by atoms with van der Waals surface area (Å²) in [6, 6.07) is 7.80. The van der Waals surface area contributed by atoms with Crippen molar-refractivity contribution in [2.45, 2.75) is 39.3 Å². The van der Waals surface area contributed by atoms with Crippen LogP contribution >= 0.6 is 27.5 Å². The molecule has 0 bridgehead atoms. The molecule has 108 valence electrons. The lowest BCUT2D eigenvalue weighted by molar-refractivity contribution is 0.585. The lowest BCUT2D eigenvalue weighted by Crippen LogP contribution is -2.16. The number of hydrogen-bond acceptors (Lipinski definition) is 2. The SMILES string of the molecule is CCc1cc(CC(N)c2ccc(Cl)cc2Br)n(CC)n1. The van der Waals surface area contributed by atoms with Crippen LogP contribution in [0.1, 0.15) is 36.8 Å². The van der Waals surface area contributed by atoms with Crippen molar-refractivity contribution >= 4 is 27.5 Å². The molecule has 0 saturated carbocycles. The first kappa shape index (κ1) is 15.5. The highest BCUT2D eigenvalue weighted by Gasteiger charge is 2.14. The van der Waals surface area contributed by atoms with Crippen molar-refractivity contribution in [2.75, 3.05) is 0 Å². The third-order valence-corrected chi connectivity index (χ3v) is 4.29. The molecule has 5 heteroatoms. The summed E-state index contributed by atoms with van der Waals surface area (Å²) in [4.78, 5) is 0. The van der Waals surface area contributed by atoms with Crippen LogP contribution in [0.15, 0.2) is 28.7 Å². The van der Waals surface area contributed by atoms with E-state index >= 15 is 0 Å². The molecule has 0 radical (unpaired) electrons. The fourth-order valence-corrected chi connectivity index (χ4v) is 3.24. The molecule has 20 heavy (non-hydrogen) atoms. The van der Waals surface area contributed by atoms with Gasteiger partial charge in [0.05, 0.1) is 5.69 Å². The van der Waals surface area contributed by atoms with Crippen molar-refractivity contribution in [2.24, 2.45) is 5.73 Å². The summed E-state index contributed by atoms with van der Waals surface area (Å²) in [7, 11) is 0. The van der Waals surface area contributed by atoms with Gasteiger partial charge in [-0.3, -0.25) is 4.68 Å². The monoisotopic (exact) mass is 355 g/mol. The van der Waals surface area contributed by atoms with E-state index in [0.29, 0.717) is 5.02 Å². The predicted molar refractivity (Wildman–Crippen MR) is 87.1 cm³/mol. The average Bonchev–Trinajstić information content (AvgIpc) is 2.80.